The number of anilines is 1. The Morgan fingerprint density at radius 3 is 2.77 bits per heavy atom. The van der Waals surface area contributed by atoms with Crippen LogP contribution in [-0.4, -0.2) is 22.9 Å². The van der Waals surface area contributed by atoms with E-state index in [9.17, 15) is 8.78 Å². The quantitative estimate of drug-likeness (QED) is 0.702. The van der Waals surface area contributed by atoms with Crippen molar-refractivity contribution in [2.45, 2.75) is 13.2 Å². The monoisotopic (exact) mass is 354 g/mol. The van der Waals surface area contributed by atoms with Crippen LogP contribution in [0.25, 0.3) is 11.0 Å². The molecule has 0 spiro atoms. The number of fused-ring (bicyclic) bond motifs is 1. The molecule has 0 aliphatic carbocycles. The summed E-state index contributed by atoms with van der Waals surface area (Å²) < 4.78 is 34.8. The highest BCUT2D eigenvalue weighted by molar-refractivity contribution is 5.80. The molecule has 0 saturated heterocycles. The molecule has 132 valence electrons. The fourth-order valence-corrected chi connectivity index (χ4v) is 3.09. The van der Waals surface area contributed by atoms with Crippen LogP contribution >= 0.6 is 0 Å². The first-order chi connectivity index (χ1) is 12.6. The molecule has 5 nitrogen and oxygen atoms in total. The zero-order chi connectivity index (χ0) is 18.3. The average Bonchev–Trinajstić information content (AvgIpc) is 2.97. The normalized spacial score (nSPS) is 16.8. The van der Waals surface area contributed by atoms with E-state index in [-0.39, 0.29) is 5.82 Å². The number of aromatic nitrogens is 2. The first-order valence-electron chi connectivity index (χ1n) is 8.04. The molecule has 1 aliphatic heterocycles. The smallest absolute Gasteiger partial charge is 0.208 e. The maximum absolute atomic E-state index is 13.9. The molecule has 4 rings (SSSR count). The number of imidazole rings is 1. The van der Waals surface area contributed by atoms with Crippen LogP contribution in [0.2, 0.25) is 0 Å². The molecule has 0 saturated carbocycles. The number of nitrogens with zero attached hydrogens (tertiary/aromatic N) is 4. The zero-order valence-electron chi connectivity index (χ0n) is 14.2. The van der Waals surface area contributed by atoms with Gasteiger partial charge in [0.25, 0.3) is 0 Å². The van der Waals surface area contributed by atoms with Crippen LogP contribution in [0.1, 0.15) is 12.1 Å². The van der Waals surface area contributed by atoms with E-state index >= 15 is 0 Å². The van der Waals surface area contributed by atoms with Crippen molar-refractivity contribution in [2.24, 2.45) is 4.99 Å². The third-order valence-electron chi connectivity index (χ3n) is 4.25. The van der Waals surface area contributed by atoms with Gasteiger partial charge in [-0.05, 0) is 37.3 Å². The Bertz CT molecular complexity index is 1040. The Hall–Kier alpha value is -3.22. The minimum Gasteiger partial charge on any atom is -0.497 e. The molecule has 2 aromatic carbocycles. The number of rotatable bonds is 3. The van der Waals surface area contributed by atoms with Gasteiger partial charge in [0, 0.05) is 18.0 Å². The van der Waals surface area contributed by atoms with Crippen LogP contribution in [0.5, 0.6) is 5.75 Å². The van der Waals surface area contributed by atoms with Gasteiger partial charge in [0.2, 0.25) is 6.29 Å². The summed E-state index contributed by atoms with van der Waals surface area (Å²) in [5.74, 6) is 0.449. The Morgan fingerprint density at radius 2 is 1.96 bits per heavy atom. The maximum atomic E-state index is 13.9. The summed E-state index contributed by atoms with van der Waals surface area (Å²) in [5, 5.41) is 0. The van der Waals surface area contributed by atoms with Crippen molar-refractivity contribution in [2.75, 3.05) is 12.0 Å². The summed E-state index contributed by atoms with van der Waals surface area (Å²) in [6.07, 6.45) is 1.89. The van der Waals surface area contributed by atoms with Gasteiger partial charge in [0.05, 0.1) is 24.4 Å². The molecule has 7 heteroatoms. The van der Waals surface area contributed by atoms with E-state index in [2.05, 4.69) is 9.98 Å². The average molecular weight is 354 g/mol. The Balaban J connectivity index is 1.88. The second-order valence-corrected chi connectivity index (χ2v) is 5.91. The van der Waals surface area contributed by atoms with E-state index < -0.39 is 12.1 Å². The number of methoxy groups -OCH3 is 1. The molecule has 0 amide bonds. The summed E-state index contributed by atoms with van der Waals surface area (Å²) in [6.45, 7) is 1.81. The van der Waals surface area contributed by atoms with E-state index in [4.69, 9.17) is 4.74 Å². The lowest BCUT2D eigenvalue weighted by atomic mass is 10.2. The van der Waals surface area contributed by atoms with Crippen LogP contribution in [0.4, 0.5) is 14.5 Å². The van der Waals surface area contributed by atoms with Gasteiger partial charge in [0.15, 0.2) is 5.83 Å². The number of halogens is 2. The van der Waals surface area contributed by atoms with Gasteiger partial charge in [-0.1, -0.05) is 6.07 Å². The number of allylic oxidation sites excluding steroid dienone is 1. The predicted octanol–water partition coefficient (Wildman–Crippen LogP) is 4.35. The van der Waals surface area contributed by atoms with Gasteiger partial charge >= 0.3 is 0 Å². The van der Waals surface area contributed by atoms with Crippen LogP contribution in [0, 0.1) is 12.7 Å². The van der Waals surface area contributed by atoms with Crippen molar-refractivity contribution in [3.05, 3.63) is 66.1 Å². The molecule has 1 unspecified atom stereocenters. The lowest BCUT2D eigenvalue weighted by molar-refractivity contribution is 0.414. The second kappa shape index (κ2) is 6.25. The van der Waals surface area contributed by atoms with Crippen LogP contribution in [0.15, 0.2) is 59.5 Å². The highest BCUT2D eigenvalue weighted by Crippen LogP contribution is 2.33. The van der Waals surface area contributed by atoms with Gasteiger partial charge in [-0.3, -0.25) is 4.57 Å². The number of benzene rings is 2. The van der Waals surface area contributed by atoms with E-state index in [1.165, 1.54) is 18.3 Å². The molecule has 0 fully saturated rings. The highest BCUT2D eigenvalue weighted by atomic mass is 19.1. The largest absolute Gasteiger partial charge is 0.497 e. The Labute approximate surface area is 148 Å². The minimum atomic E-state index is -0.631. The van der Waals surface area contributed by atoms with Crippen molar-refractivity contribution in [1.82, 2.24) is 9.55 Å². The maximum Gasteiger partial charge on any atom is 0.208 e. The highest BCUT2D eigenvalue weighted by Gasteiger charge is 2.25. The molecule has 1 atom stereocenters. The number of ether oxygens (including phenoxy) is 1. The zero-order valence-corrected chi connectivity index (χ0v) is 14.2. The minimum absolute atomic E-state index is 0.368. The molecular formula is C19H16F2N4O. The van der Waals surface area contributed by atoms with Crippen molar-refractivity contribution in [3.8, 4) is 5.75 Å². The first-order valence-corrected chi connectivity index (χ1v) is 8.04. The van der Waals surface area contributed by atoms with Crippen LogP contribution < -0.4 is 9.64 Å². The van der Waals surface area contributed by atoms with E-state index in [1.807, 2.05) is 19.1 Å². The molecule has 0 N–H and O–H groups in total. The summed E-state index contributed by atoms with van der Waals surface area (Å²) >= 11 is 0. The van der Waals surface area contributed by atoms with Crippen molar-refractivity contribution < 1.29 is 13.5 Å². The van der Waals surface area contributed by atoms with Crippen molar-refractivity contribution in [1.29, 1.82) is 0 Å². The van der Waals surface area contributed by atoms with Crippen LogP contribution in [0.3, 0.4) is 0 Å². The Morgan fingerprint density at radius 1 is 1.12 bits per heavy atom. The van der Waals surface area contributed by atoms with Gasteiger partial charge < -0.3 is 9.64 Å². The van der Waals surface area contributed by atoms with Gasteiger partial charge in [-0.2, -0.15) is 0 Å². The van der Waals surface area contributed by atoms with E-state index in [0.717, 1.165) is 6.21 Å². The summed E-state index contributed by atoms with van der Waals surface area (Å²) in [7, 11) is 1.57. The second-order valence-electron chi connectivity index (χ2n) is 5.91. The summed E-state index contributed by atoms with van der Waals surface area (Å²) in [4.78, 5) is 10.5. The third kappa shape index (κ3) is 2.71. The van der Waals surface area contributed by atoms with Gasteiger partial charge in [0.1, 0.15) is 17.4 Å². The molecule has 0 bridgehead atoms. The topological polar surface area (TPSA) is 42.6 Å². The first kappa shape index (κ1) is 16.3. The van der Waals surface area contributed by atoms with E-state index in [0.29, 0.717) is 28.3 Å². The summed E-state index contributed by atoms with van der Waals surface area (Å²) in [6, 6.07) is 11.6. The van der Waals surface area contributed by atoms with E-state index in [1.54, 1.807) is 34.8 Å². The Kier molecular flexibility index (Phi) is 3.91. The molecule has 0 radical (unpaired) electrons. The third-order valence-corrected chi connectivity index (χ3v) is 4.25. The van der Waals surface area contributed by atoms with Gasteiger partial charge in [-0.25, -0.2) is 18.8 Å². The molecule has 2 heterocycles. The number of aryl methyl sites for hydroxylation is 1. The number of hydrogen-bond donors (Lipinski definition) is 0. The van der Waals surface area contributed by atoms with Crippen molar-refractivity contribution in [3.63, 3.8) is 0 Å². The fourth-order valence-electron chi connectivity index (χ4n) is 3.09. The lowest BCUT2D eigenvalue weighted by Gasteiger charge is -2.31. The summed E-state index contributed by atoms with van der Waals surface area (Å²) in [5.41, 5.74) is 1.94. The number of hydrogen-bond acceptors (Lipinski definition) is 4. The molecule has 3 aromatic rings. The SMILES string of the molecule is COc1cccc(N2C=C(F)C=NC2n2c(C)nc3ccc(F)cc32)c1. The lowest BCUT2D eigenvalue weighted by Crippen LogP contribution is -2.30. The fraction of sp³-hybridized carbons (Fsp3) is 0.158. The predicted molar refractivity (Wildman–Crippen MR) is 96.6 cm³/mol. The number of aliphatic imine (C=N–C) groups is 1. The molecule has 26 heavy (non-hydrogen) atoms. The standard InChI is InChI=1S/C19H16F2N4O/c1-12-23-17-7-6-13(20)8-18(17)25(12)19-22-10-14(21)11-24(19)15-4-3-5-16(9-15)26-2/h3-11,19H,1-2H3. The van der Waals surface area contributed by atoms with Crippen molar-refractivity contribution >= 4 is 22.9 Å². The molecular weight excluding hydrogens is 338 g/mol. The van der Waals surface area contributed by atoms with Gasteiger partial charge in [-0.15, -0.1) is 0 Å². The molecule has 1 aromatic heterocycles. The molecule has 1 aliphatic rings. The van der Waals surface area contributed by atoms with Crippen LogP contribution in [-0.2, 0) is 0 Å².